The Labute approximate surface area is 399 Å². The van der Waals surface area contributed by atoms with Crippen LogP contribution in [0.3, 0.4) is 0 Å². The van der Waals surface area contributed by atoms with Crippen molar-refractivity contribution in [1.82, 2.24) is 4.57 Å². The van der Waals surface area contributed by atoms with E-state index in [-0.39, 0.29) is 39.3 Å². The van der Waals surface area contributed by atoms with Crippen molar-refractivity contribution in [1.29, 1.82) is 0 Å². The number of hydrogen-bond donors (Lipinski definition) is 0. The van der Waals surface area contributed by atoms with Crippen molar-refractivity contribution >= 4 is 84.5 Å². The summed E-state index contributed by atoms with van der Waals surface area (Å²) in [5.74, 6) is 0. The van der Waals surface area contributed by atoms with Gasteiger partial charge in [0.2, 0.25) is 5.71 Å². The van der Waals surface area contributed by atoms with Crippen molar-refractivity contribution in [3.05, 3.63) is 137 Å². The normalized spacial score (nSPS) is 19.9. The quantitative estimate of drug-likeness (QED) is 0.165. The highest BCUT2D eigenvalue weighted by molar-refractivity contribution is 7.00. The molecule has 5 heterocycles. The second kappa shape index (κ2) is 13.5. The molecule has 67 heavy (non-hydrogen) atoms. The molecule has 4 aliphatic rings. The summed E-state index contributed by atoms with van der Waals surface area (Å²) in [6.45, 7) is 33.5. The number of fused-ring (bicyclic) bond motifs is 12. The minimum Gasteiger partial charge on any atom is -0.439 e. The summed E-state index contributed by atoms with van der Waals surface area (Å²) in [5, 5.41) is 3.67. The third-order valence-corrected chi connectivity index (χ3v) is 17.1. The van der Waals surface area contributed by atoms with E-state index in [1.54, 1.807) is 5.56 Å². The fourth-order valence-corrected chi connectivity index (χ4v) is 13.0. The van der Waals surface area contributed by atoms with Crippen LogP contribution in [0.25, 0.3) is 38.7 Å². The Balaban J connectivity index is 1.25. The molecule has 0 bridgehead atoms. The van der Waals surface area contributed by atoms with E-state index in [0.717, 1.165) is 34.8 Å². The standard InChI is InChI=1S/C62H68BN3O/c1-57(2,3)37-21-25-41(26-22-37)64(42-27-23-38(24-28-42)58(4,5)6)43-35-49-53-50(36-43)66-55-46(61(13)29-17-18-30-62(61,66)14)32-40(60(10,11)12)34-48(55)63(53)47-33-39(59(7,8)9)31-45-52-44-19-15-16-20-51(44)67-56(52)65(49)54(45)47/h15-16,19-28,31-36H,17-18,29-30H2,1-14H3. The Morgan fingerprint density at radius 3 is 1.72 bits per heavy atom. The van der Waals surface area contributed by atoms with Crippen molar-refractivity contribution < 1.29 is 4.42 Å². The number of furan rings is 1. The fourth-order valence-electron chi connectivity index (χ4n) is 13.0. The van der Waals surface area contributed by atoms with E-state index in [0.29, 0.717) is 0 Å². The molecule has 0 amide bonds. The number of benzene rings is 6. The Morgan fingerprint density at radius 2 is 1.10 bits per heavy atom. The maximum atomic E-state index is 7.17. The van der Waals surface area contributed by atoms with E-state index >= 15 is 0 Å². The number of aromatic nitrogens is 1. The SMILES string of the molecule is CC(C)(C)c1ccc(N(c2ccc(C(C)(C)C)cc2)c2cc3c4c(c2)-n2c5oc6ccccc6c5c5cc(C(C)(C)C)cc(c52)B4c2cc(C(C)(C)C)cc4c2N3C2(C)CCCCC42C)cc1. The summed E-state index contributed by atoms with van der Waals surface area (Å²) in [4.78, 5) is 5.41. The first-order valence-electron chi connectivity index (χ1n) is 25.2. The monoisotopic (exact) mass is 882 g/mol. The van der Waals surface area contributed by atoms with Crippen LogP contribution in [-0.2, 0) is 27.1 Å². The number of para-hydroxylation sites is 1. The average molecular weight is 882 g/mol. The van der Waals surface area contributed by atoms with Gasteiger partial charge in [0.1, 0.15) is 5.58 Å². The van der Waals surface area contributed by atoms with Crippen molar-refractivity contribution in [2.45, 2.75) is 155 Å². The van der Waals surface area contributed by atoms with Crippen LogP contribution in [0, 0.1) is 0 Å². The van der Waals surface area contributed by atoms with E-state index in [9.17, 15) is 0 Å². The fraction of sp³-hybridized carbons (Fsp3) is 0.387. The molecule has 0 radical (unpaired) electrons. The molecule has 6 aromatic carbocycles. The Kier molecular flexibility index (Phi) is 8.61. The average Bonchev–Trinajstić information content (AvgIpc) is 3.87. The maximum Gasteiger partial charge on any atom is 0.252 e. The van der Waals surface area contributed by atoms with Gasteiger partial charge in [-0.25, -0.2) is 0 Å². The predicted molar refractivity (Wildman–Crippen MR) is 287 cm³/mol. The summed E-state index contributed by atoms with van der Waals surface area (Å²) >= 11 is 0. The van der Waals surface area contributed by atoms with Crippen molar-refractivity contribution in [2.24, 2.45) is 0 Å². The molecule has 1 aliphatic carbocycles. The highest BCUT2D eigenvalue weighted by Gasteiger charge is 2.61. The molecule has 3 aliphatic heterocycles. The highest BCUT2D eigenvalue weighted by Crippen LogP contribution is 2.62. The predicted octanol–water partition coefficient (Wildman–Crippen LogP) is 15.1. The number of hydrogen-bond acceptors (Lipinski definition) is 3. The van der Waals surface area contributed by atoms with E-state index in [4.69, 9.17) is 4.42 Å². The summed E-state index contributed by atoms with van der Waals surface area (Å²) in [5.41, 5.74) is 21.7. The topological polar surface area (TPSA) is 24.6 Å². The van der Waals surface area contributed by atoms with E-state index in [2.05, 4.69) is 220 Å². The smallest absolute Gasteiger partial charge is 0.252 e. The van der Waals surface area contributed by atoms with Crippen LogP contribution in [0.1, 0.15) is 150 Å². The van der Waals surface area contributed by atoms with Gasteiger partial charge in [-0.3, -0.25) is 4.57 Å². The van der Waals surface area contributed by atoms with Crippen LogP contribution < -0.4 is 26.2 Å². The van der Waals surface area contributed by atoms with Crippen LogP contribution in [0.4, 0.5) is 28.4 Å². The first-order chi connectivity index (χ1) is 31.5. The largest absolute Gasteiger partial charge is 0.439 e. The van der Waals surface area contributed by atoms with Crippen molar-refractivity contribution in [2.75, 3.05) is 9.80 Å². The van der Waals surface area contributed by atoms with Crippen LogP contribution >= 0.6 is 0 Å². The Morgan fingerprint density at radius 1 is 0.552 bits per heavy atom. The zero-order valence-electron chi connectivity index (χ0n) is 42.5. The molecule has 4 nitrogen and oxygen atoms in total. The second-order valence-corrected chi connectivity index (χ2v) is 25.4. The first-order valence-corrected chi connectivity index (χ1v) is 25.2. The molecular formula is C62H68BN3O. The molecule has 0 saturated heterocycles. The van der Waals surface area contributed by atoms with Crippen LogP contribution in [-0.4, -0.2) is 16.8 Å². The number of nitrogens with zero attached hydrogens (tertiary/aromatic N) is 3. The summed E-state index contributed by atoms with van der Waals surface area (Å²) in [6.07, 6.45) is 4.81. The Hall–Kier alpha value is -5.68. The maximum absolute atomic E-state index is 7.17. The third kappa shape index (κ3) is 5.85. The number of rotatable bonds is 3. The molecule has 1 saturated carbocycles. The van der Waals surface area contributed by atoms with Gasteiger partial charge in [0.05, 0.1) is 22.1 Å². The molecule has 2 aromatic heterocycles. The molecule has 2 unspecified atom stereocenters. The zero-order valence-corrected chi connectivity index (χ0v) is 42.5. The molecule has 2 atom stereocenters. The molecule has 340 valence electrons. The van der Waals surface area contributed by atoms with Gasteiger partial charge < -0.3 is 14.2 Å². The first kappa shape index (κ1) is 42.7. The van der Waals surface area contributed by atoms with Crippen molar-refractivity contribution in [3.63, 3.8) is 0 Å². The van der Waals surface area contributed by atoms with Crippen LogP contribution in [0.15, 0.2) is 114 Å². The second-order valence-electron chi connectivity index (χ2n) is 25.4. The van der Waals surface area contributed by atoms with Gasteiger partial charge in [0.25, 0.3) is 6.71 Å². The lowest BCUT2D eigenvalue weighted by Gasteiger charge is -2.52. The van der Waals surface area contributed by atoms with Gasteiger partial charge in [-0.1, -0.05) is 164 Å². The van der Waals surface area contributed by atoms with E-state index in [1.165, 1.54) is 96.6 Å². The van der Waals surface area contributed by atoms with Gasteiger partial charge in [0, 0.05) is 44.6 Å². The van der Waals surface area contributed by atoms with E-state index in [1.807, 2.05) is 0 Å². The van der Waals surface area contributed by atoms with E-state index < -0.39 is 0 Å². The molecule has 8 aromatic rings. The van der Waals surface area contributed by atoms with Crippen LogP contribution in [0.2, 0.25) is 0 Å². The number of anilines is 5. The van der Waals surface area contributed by atoms with Gasteiger partial charge in [-0.15, -0.1) is 0 Å². The lowest BCUT2D eigenvalue weighted by atomic mass is 9.33. The minimum atomic E-state index is -0.127. The third-order valence-electron chi connectivity index (χ3n) is 17.1. The van der Waals surface area contributed by atoms with Crippen LogP contribution in [0.5, 0.6) is 0 Å². The minimum absolute atomic E-state index is 0.0187. The highest BCUT2D eigenvalue weighted by atomic mass is 16.3. The molecule has 0 N–H and O–H groups in total. The molecular weight excluding hydrogens is 814 g/mol. The van der Waals surface area contributed by atoms with Gasteiger partial charge >= 0.3 is 0 Å². The molecule has 0 spiro atoms. The lowest BCUT2D eigenvalue weighted by molar-refractivity contribution is 0.195. The molecule has 12 rings (SSSR count). The molecule has 1 fully saturated rings. The zero-order chi connectivity index (χ0) is 47.1. The van der Waals surface area contributed by atoms with Crippen molar-refractivity contribution in [3.8, 4) is 5.69 Å². The summed E-state index contributed by atoms with van der Waals surface area (Å²) in [6, 6.07) is 42.9. The lowest BCUT2D eigenvalue weighted by Crippen LogP contribution is -2.64. The van der Waals surface area contributed by atoms with Gasteiger partial charge in [-0.2, -0.15) is 0 Å². The van der Waals surface area contributed by atoms with Gasteiger partial charge in [-0.05, 0) is 134 Å². The summed E-state index contributed by atoms with van der Waals surface area (Å²) < 4.78 is 9.72. The van der Waals surface area contributed by atoms with Gasteiger partial charge in [0.15, 0.2) is 0 Å². The Bertz CT molecular complexity index is 3320. The molecule has 5 heteroatoms. The summed E-state index contributed by atoms with van der Waals surface area (Å²) in [7, 11) is 0.